The zero-order valence-electron chi connectivity index (χ0n) is 9.09. The molecule has 0 amide bonds. The van der Waals surface area contributed by atoms with E-state index in [1.807, 2.05) is 0 Å². The first-order valence-corrected chi connectivity index (χ1v) is 7.07. The molecule has 1 unspecified atom stereocenters. The van der Waals surface area contributed by atoms with Gasteiger partial charge in [0.1, 0.15) is 5.82 Å². The summed E-state index contributed by atoms with van der Waals surface area (Å²) in [6.07, 6.45) is 0.319. The molecular formula is C12H9Cl3FNS. The summed E-state index contributed by atoms with van der Waals surface area (Å²) in [4.78, 5) is 0. The first-order valence-electron chi connectivity index (χ1n) is 5.12. The third kappa shape index (κ3) is 2.98. The normalized spacial score (nSPS) is 12.7. The second-order valence-corrected chi connectivity index (χ2v) is 6.50. The van der Waals surface area contributed by atoms with Crippen molar-refractivity contribution in [2.45, 2.75) is 12.5 Å². The fourth-order valence-electron chi connectivity index (χ4n) is 1.66. The van der Waals surface area contributed by atoms with Crippen LogP contribution in [0.25, 0.3) is 0 Å². The zero-order chi connectivity index (χ0) is 13.3. The van der Waals surface area contributed by atoms with Crippen LogP contribution in [-0.2, 0) is 6.42 Å². The van der Waals surface area contributed by atoms with Gasteiger partial charge in [-0.3, -0.25) is 0 Å². The maximum absolute atomic E-state index is 13.7. The van der Waals surface area contributed by atoms with Crippen molar-refractivity contribution in [3.05, 3.63) is 54.9 Å². The van der Waals surface area contributed by atoms with E-state index in [1.165, 1.54) is 17.4 Å². The average Bonchev–Trinajstić information content (AvgIpc) is 2.64. The molecule has 96 valence electrons. The van der Waals surface area contributed by atoms with Crippen molar-refractivity contribution in [1.29, 1.82) is 0 Å². The Morgan fingerprint density at radius 2 is 2.00 bits per heavy atom. The van der Waals surface area contributed by atoms with Crippen LogP contribution in [0.5, 0.6) is 0 Å². The van der Waals surface area contributed by atoms with Crippen molar-refractivity contribution < 1.29 is 4.39 Å². The van der Waals surface area contributed by atoms with Crippen LogP contribution in [0.1, 0.15) is 17.2 Å². The molecule has 2 aromatic rings. The molecule has 6 heteroatoms. The highest BCUT2D eigenvalue weighted by Gasteiger charge is 2.16. The number of benzene rings is 1. The van der Waals surface area contributed by atoms with Crippen LogP contribution in [0.2, 0.25) is 13.7 Å². The zero-order valence-corrected chi connectivity index (χ0v) is 12.2. The van der Waals surface area contributed by atoms with E-state index >= 15 is 0 Å². The minimum Gasteiger partial charge on any atom is -0.324 e. The molecule has 0 saturated carbocycles. The standard InChI is InChI=1S/C12H9Cl3FNS/c13-8-3-1-2-6(11(8)16)4-9(17)7-5-10(14)18-12(7)15/h1-3,5,9H,4,17H2. The molecule has 0 aliphatic carbocycles. The summed E-state index contributed by atoms with van der Waals surface area (Å²) < 4.78 is 14.8. The molecule has 1 aromatic carbocycles. The van der Waals surface area contributed by atoms with Gasteiger partial charge in [0.25, 0.3) is 0 Å². The molecule has 1 nitrogen and oxygen atoms in total. The topological polar surface area (TPSA) is 26.0 Å². The lowest BCUT2D eigenvalue weighted by atomic mass is 10.0. The van der Waals surface area contributed by atoms with Crippen LogP contribution in [0.3, 0.4) is 0 Å². The van der Waals surface area contributed by atoms with Crippen LogP contribution in [0, 0.1) is 5.82 Å². The molecule has 0 fully saturated rings. The van der Waals surface area contributed by atoms with Crippen LogP contribution in [0.4, 0.5) is 4.39 Å². The van der Waals surface area contributed by atoms with Crippen molar-refractivity contribution in [1.82, 2.24) is 0 Å². The van der Waals surface area contributed by atoms with Crippen molar-refractivity contribution in [2.75, 3.05) is 0 Å². The van der Waals surface area contributed by atoms with Crippen LogP contribution >= 0.6 is 46.1 Å². The van der Waals surface area contributed by atoms with Gasteiger partial charge in [0.2, 0.25) is 0 Å². The van der Waals surface area contributed by atoms with E-state index in [2.05, 4.69) is 0 Å². The summed E-state index contributed by atoms with van der Waals surface area (Å²) in [7, 11) is 0. The highest BCUT2D eigenvalue weighted by Crippen LogP contribution is 2.35. The van der Waals surface area contributed by atoms with E-state index in [0.29, 0.717) is 20.7 Å². The van der Waals surface area contributed by atoms with Gasteiger partial charge in [-0.25, -0.2) is 4.39 Å². The Hall–Kier alpha value is -0.320. The van der Waals surface area contributed by atoms with Crippen LogP contribution in [0.15, 0.2) is 24.3 Å². The lowest BCUT2D eigenvalue weighted by molar-refractivity contribution is 0.594. The van der Waals surface area contributed by atoms with Gasteiger partial charge in [-0.15, -0.1) is 11.3 Å². The molecule has 1 atom stereocenters. The van der Waals surface area contributed by atoms with Gasteiger partial charge < -0.3 is 5.73 Å². The number of rotatable bonds is 3. The fourth-order valence-corrected chi connectivity index (χ4v) is 3.45. The second-order valence-electron chi connectivity index (χ2n) is 3.80. The molecular weight excluding hydrogens is 316 g/mol. The Morgan fingerprint density at radius 3 is 2.61 bits per heavy atom. The lowest BCUT2D eigenvalue weighted by Gasteiger charge is -2.12. The van der Waals surface area contributed by atoms with E-state index in [9.17, 15) is 4.39 Å². The monoisotopic (exact) mass is 323 g/mol. The van der Waals surface area contributed by atoms with E-state index in [4.69, 9.17) is 40.5 Å². The highest BCUT2D eigenvalue weighted by atomic mass is 35.5. The quantitative estimate of drug-likeness (QED) is 0.836. The molecule has 2 N–H and O–H groups in total. The summed E-state index contributed by atoms with van der Waals surface area (Å²) in [6.45, 7) is 0. The maximum atomic E-state index is 13.7. The fraction of sp³-hybridized carbons (Fsp3) is 0.167. The molecule has 0 radical (unpaired) electrons. The summed E-state index contributed by atoms with van der Waals surface area (Å²) in [5.74, 6) is -0.438. The predicted octanol–water partition coefficient (Wildman–Crippen LogP) is 5.09. The van der Waals surface area contributed by atoms with Gasteiger partial charge in [0, 0.05) is 11.6 Å². The van der Waals surface area contributed by atoms with Gasteiger partial charge in [-0.2, -0.15) is 0 Å². The third-order valence-electron chi connectivity index (χ3n) is 2.55. The van der Waals surface area contributed by atoms with Crippen molar-refractivity contribution in [3.8, 4) is 0 Å². The SMILES string of the molecule is NC(Cc1cccc(Cl)c1F)c1cc(Cl)sc1Cl. The smallest absolute Gasteiger partial charge is 0.145 e. The first kappa shape index (κ1) is 14.1. The molecule has 0 aliphatic rings. The molecule has 1 heterocycles. The Labute approximate surface area is 123 Å². The number of hydrogen-bond acceptors (Lipinski definition) is 2. The van der Waals surface area contributed by atoms with Crippen molar-refractivity contribution in [3.63, 3.8) is 0 Å². The molecule has 2 rings (SSSR count). The van der Waals surface area contributed by atoms with Gasteiger partial charge in [-0.05, 0) is 24.1 Å². The van der Waals surface area contributed by atoms with E-state index in [0.717, 1.165) is 5.56 Å². The third-order valence-corrected chi connectivity index (χ3v) is 4.36. The molecule has 0 spiro atoms. The minimum atomic E-state index is -0.438. The van der Waals surface area contributed by atoms with Crippen LogP contribution < -0.4 is 5.73 Å². The van der Waals surface area contributed by atoms with Gasteiger partial charge in [-0.1, -0.05) is 46.9 Å². The molecule has 1 aromatic heterocycles. The minimum absolute atomic E-state index is 0.0918. The largest absolute Gasteiger partial charge is 0.324 e. The van der Waals surface area contributed by atoms with Crippen molar-refractivity contribution >= 4 is 46.1 Å². The molecule has 0 bridgehead atoms. The Kier molecular flexibility index (Phi) is 4.51. The number of thiophene rings is 1. The summed E-state index contributed by atoms with van der Waals surface area (Å²) in [6, 6.07) is 6.15. The van der Waals surface area contributed by atoms with Gasteiger partial charge in [0.05, 0.1) is 13.7 Å². The number of halogens is 4. The summed E-state index contributed by atoms with van der Waals surface area (Å²) >= 11 is 18.8. The van der Waals surface area contributed by atoms with E-state index in [1.54, 1.807) is 18.2 Å². The predicted molar refractivity (Wildman–Crippen MR) is 76.4 cm³/mol. The highest BCUT2D eigenvalue weighted by molar-refractivity contribution is 7.20. The Balaban J connectivity index is 2.24. The number of nitrogens with two attached hydrogens (primary N) is 1. The Morgan fingerprint density at radius 1 is 1.28 bits per heavy atom. The van der Waals surface area contributed by atoms with Crippen LogP contribution in [-0.4, -0.2) is 0 Å². The van der Waals surface area contributed by atoms with E-state index < -0.39 is 11.9 Å². The summed E-state index contributed by atoms with van der Waals surface area (Å²) in [5, 5.41) is 0.0918. The van der Waals surface area contributed by atoms with Gasteiger partial charge in [0.15, 0.2) is 0 Å². The lowest BCUT2D eigenvalue weighted by Crippen LogP contribution is -2.13. The molecule has 0 aliphatic heterocycles. The van der Waals surface area contributed by atoms with E-state index in [-0.39, 0.29) is 5.02 Å². The molecule has 0 saturated heterocycles. The maximum Gasteiger partial charge on any atom is 0.145 e. The van der Waals surface area contributed by atoms with Gasteiger partial charge >= 0.3 is 0 Å². The summed E-state index contributed by atoms with van der Waals surface area (Å²) in [5.41, 5.74) is 7.21. The number of hydrogen-bond donors (Lipinski definition) is 1. The molecule has 18 heavy (non-hydrogen) atoms. The second kappa shape index (κ2) is 5.76. The Bertz CT molecular complexity index is 570. The first-order chi connectivity index (χ1) is 8.49. The van der Waals surface area contributed by atoms with Crippen molar-refractivity contribution in [2.24, 2.45) is 5.73 Å². The average molecular weight is 325 g/mol.